The van der Waals surface area contributed by atoms with Gasteiger partial charge in [-0.25, -0.2) is 4.68 Å². The van der Waals surface area contributed by atoms with E-state index in [2.05, 4.69) is 26.2 Å². The highest BCUT2D eigenvalue weighted by molar-refractivity contribution is 5.98. The summed E-state index contributed by atoms with van der Waals surface area (Å²) in [7, 11) is 0. The first-order valence-corrected chi connectivity index (χ1v) is 10.4. The molecule has 1 aromatic heterocycles. The van der Waals surface area contributed by atoms with E-state index in [1.54, 1.807) is 24.3 Å². The molecule has 0 aliphatic heterocycles. The van der Waals surface area contributed by atoms with Crippen LogP contribution in [0.15, 0.2) is 73.1 Å². The van der Waals surface area contributed by atoms with Crippen molar-refractivity contribution in [1.29, 1.82) is 0 Å². The molecule has 1 heterocycles. The third-order valence-corrected chi connectivity index (χ3v) is 5.24. The minimum atomic E-state index is -0.656. The first-order valence-electron chi connectivity index (χ1n) is 10.4. The van der Waals surface area contributed by atoms with Gasteiger partial charge in [-0.05, 0) is 56.9 Å². The largest absolute Gasteiger partial charge is 0.344 e. The normalized spacial score (nSPS) is 12.0. The van der Waals surface area contributed by atoms with Crippen molar-refractivity contribution in [2.24, 2.45) is 5.92 Å². The maximum absolute atomic E-state index is 12.9. The number of nitrogens with zero attached hydrogens (tertiary/aromatic N) is 4. The highest BCUT2D eigenvalue weighted by Crippen LogP contribution is 2.19. The third kappa shape index (κ3) is 4.80. The van der Waals surface area contributed by atoms with Gasteiger partial charge in [-0.15, -0.1) is 5.10 Å². The van der Waals surface area contributed by atoms with Gasteiger partial charge in [0.05, 0.1) is 12.1 Å². The highest BCUT2D eigenvalue weighted by Gasteiger charge is 2.24. The number of benzene rings is 3. The van der Waals surface area contributed by atoms with Gasteiger partial charge in [-0.1, -0.05) is 56.3 Å². The standard InChI is InChI=1S/C24H24N6O2/c1-16(2)23(24(32)26-19-10-12-20(13-11-19)30-15-25-28-29-30)27-22(31)14-18-8-5-7-17-6-3-4-9-21(17)18/h3-13,15-16,23H,14H2,1-2H3,(H,26,32)(H,27,31)/t23-/m1/s1. The number of aromatic nitrogens is 4. The van der Waals surface area contributed by atoms with Gasteiger partial charge < -0.3 is 10.6 Å². The number of fused-ring (bicyclic) bond motifs is 1. The minimum absolute atomic E-state index is 0.0769. The molecule has 4 aromatic rings. The van der Waals surface area contributed by atoms with E-state index in [1.165, 1.54) is 11.0 Å². The molecule has 0 aliphatic carbocycles. The van der Waals surface area contributed by atoms with E-state index in [4.69, 9.17) is 0 Å². The van der Waals surface area contributed by atoms with Gasteiger partial charge in [0.25, 0.3) is 0 Å². The summed E-state index contributed by atoms with van der Waals surface area (Å²) in [6.07, 6.45) is 1.70. The molecule has 8 heteroatoms. The van der Waals surface area contributed by atoms with Crippen LogP contribution in [0.5, 0.6) is 0 Å². The summed E-state index contributed by atoms with van der Waals surface area (Å²) in [5, 5.41) is 19.0. The third-order valence-electron chi connectivity index (χ3n) is 5.24. The monoisotopic (exact) mass is 428 g/mol. The van der Waals surface area contributed by atoms with Crippen molar-refractivity contribution in [2.75, 3.05) is 5.32 Å². The Balaban J connectivity index is 1.42. The summed E-state index contributed by atoms with van der Waals surface area (Å²) < 4.78 is 1.52. The molecule has 4 rings (SSSR count). The van der Waals surface area contributed by atoms with Gasteiger partial charge in [0.2, 0.25) is 11.8 Å². The summed E-state index contributed by atoms with van der Waals surface area (Å²) >= 11 is 0. The van der Waals surface area contributed by atoms with E-state index in [0.29, 0.717) is 5.69 Å². The molecule has 32 heavy (non-hydrogen) atoms. The van der Waals surface area contributed by atoms with Gasteiger partial charge in [0.15, 0.2) is 0 Å². The Bertz CT molecular complexity index is 1210. The average Bonchev–Trinajstić information content (AvgIpc) is 3.33. The number of carbonyl (C=O) groups excluding carboxylic acids is 2. The predicted octanol–water partition coefficient (Wildman–Crippen LogP) is 3.14. The molecule has 2 N–H and O–H groups in total. The second-order valence-electron chi connectivity index (χ2n) is 7.89. The first-order chi connectivity index (χ1) is 15.5. The summed E-state index contributed by atoms with van der Waals surface area (Å²) in [6.45, 7) is 3.81. The Hall–Kier alpha value is -4.07. The highest BCUT2D eigenvalue weighted by atomic mass is 16.2. The number of hydrogen-bond donors (Lipinski definition) is 2. The fourth-order valence-electron chi connectivity index (χ4n) is 3.58. The quantitative estimate of drug-likeness (QED) is 0.471. The van der Waals surface area contributed by atoms with Crippen LogP contribution in [0.1, 0.15) is 19.4 Å². The number of anilines is 1. The maximum Gasteiger partial charge on any atom is 0.247 e. The van der Waals surface area contributed by atoms with Crippen LogP contribution >= 0.6 is 0 Å². The van der Waals surface area contributed by atoms with Crippen LogP contribution < -0.4 is 10.6 Å². The number of rotatable bonds is 7. The second-order valence-corrected chi connectivity index (χ2v) is 7.89. The van der Waals surface area contributed by atoms with E-state index >= 15 is 0 Å². The lowest BCUT2D eigenvalue weighted by Gasteiger charge is -2.22. The van der Waals surface area contributed by atoms with Crippen molar-refractivity contribution < 1.29 is 9.59 Å². The first kappa shape index (κ1) is 21.2. The molecular weight excluding hydrogens is 404 g/mol. The van der Waals surface area contributed by atoms with Gasteiger partial charge in [-0.3, -0.25) is 9.59 Å². The predicted molar refractivity (Wildman–Crippen MR) is 122 cm³/mol. The van der Waals surface area contributed by atoms with Crippen LogP contribution in [0.2, 0.25) is 0 Å². The van der Waals surface area contributed by atoms with Gasteiger partial charge in [0.1, 0.15) is 12.4 Å². The molecule has 0 saturated carbocycles. The second kappa shape index (κ2) is 9.38. The molecular formula is C24H24N6O2. The summed E-state index contributed by atoms with van der Waals surface area (Å²) in [4.78, 5) is 25.7. The summed E-state index contributed by atoms with van der Waals surface area (Å²) in [5.74, 6) is -0.530. The van der Waals surface area contributed by atoms with E-state index in [9.17, 15) is 9.59 Å². The van der Waals surface area contributed by atoms with Crippen molar-refractivity contribution in [3.63, 3.8) is 0 Å². The zero-order chi connectivity index (χ0) is 22.5. The lowest BCUT2D eigenvalue weighted by atomic mass is 10.00. The van der Waals surface area contributed by atoms with Crippen molar-refractivity contribution >= 4 is 28.3 Å². The lowest BCUT2D eigenvalue weighted by molar-refractivity contribution is -0.127. The van der Waals surface area contributed by atoms with Crippen molar-refractivity contribution in [3.8, 4) is 5.69 Å². The Labute approximate surface area is 185 Å². The van der Waals surface area contributed by atoms with E-state index < -0.39 is 6.04 Å². The molecule has 0 aliphatic rings. The van der Waals surface area contributed by atoms with Crippen LogP contribution in [0.3, 0.4) is 0 Å². The lowest BCUT2D eigenvalue weighted by Crippen LogP contribution is -2.47. The Morgan fingerprint density at radius 3 is 2.44 bits per heavy atom. The van der Waals surface area contributed by atoms with Crippen LogP contribution in [0.4, 0.5) is 5.69 Å². The van der Waals surface area contributed by atoms with Crippen LogP contribution in [0.25, 0.3) is 16.5 Å². The van der Waals surface area contributed by atoms with E-state index in [0.717, 1.165) is 22.0 Å². The Morgan fingerprint density at radius 2 is 1.72 bits per heavy atom. The van der Waals surface area contributed by atoms with Crippen molar-refractivity contribution in [2.45, 2.75) is 26.3 Å². The minimum Gasteiger partial charge on any atom is -0.344 e. The molecule has 8 nitrogen and oxygen atoms in total. The maximum atomic E-state index is 12.9. The van der Waals surface area contributed by atoms with Crippen LogP contribution in [-0.4, -0.2) is 38.1 Å². The molecule has 0 bridgehead atoms. The molecule has 0 fully saturated rings. The SMILES string of the molecule is CC(C)[C@@H](NC(=O)Cc1cccc2ccccc12)C(=O)Nc1ccc(-n2cnnn2)cc1. The molecule has 0 radical (unpaired) electrons. The molecule has 162 valence electrons. The summed E-state index contributed by atoms with van der Waals surface area (Å²) in [5.41, 5.74) is 2.33. The number of carbonyl (C=O) groups is 2. The number of tetrazole rings is 1. The number of nitrogens with one attached hydrogen (secondary N) is 2. The zero-order valence-corrected chi connectivity index (χ0v) is 17.9. The van der Waals surface area contributed by atoms with Gasteiger partial charge in [-0.2, -0.15) is 0 Å². The van der Waals surface area contributed by atoms with Gasteiger partial charge in [0, 0.05) is 5.69 Å². The number of amides is 2. The summed E-state index contributed by atoms with van der Waals surface area (Å²) in [6, 6.07) is 20.3. The molecule has 3 aromatic carbocycles. The van der Waals surface area contributed by atoms with Crippen LogP contribution in [0, 0.1) is 5.92 Å². The van der Waals surface area contributed by atoms with E-state index in [1.807, 2.05) is 56.3 Å². The Kier molecular flexibility index (Phi) is 6.21. The molecule has 0 spiro atoms. The van der Waals surface area contributed by atoms with Crippen LogP contribution in [-0.2, 0) is 16.0 Å². The fourth-order valence-corrected chi connectivity index (χ4v) is 3.58. The fraction of sp³-hybridized carbons (Fsp3) is 0.208. The van der Waals surface area contributed by atoms with E-state index in [-0.39, 0.29) is 24.2 Å². The van der Waals surface area contributed by atoms with Crippen molar-refractivity contribution in [3.05, 3.63) is 78.6 Å². The van der Waals surface area contributed by atoms with Crippen molar-refractivity contribution in [1.82, 2.24) is 25.5 Å². The molecule has 0 unspecified atom stereocenters. The van der Waals surface area contributed by atoms with Gasteiger partial charge >= 0.3 is 0 Å². The Morgan fingerprint density at radius 1 is 0.969 bits per heavy atom. The smallest absolute Gasteiger partial charge is 0.247 e. The molecule has 1 atom stereocenters. The zero-order valence-electron chi connectivity index (χ0n) is 17.9. The topological polar surface area (TPSA) is 102 Å². The number of hydrogen-bond acceptors (Lipinski definition) is 5. The average molecular weight is 428 g/mol. The molecule has 2 amide bonds. The molecule has 0 saturated heterocycles.